The number of nitrogens with zero attached hydrogens (tertiary/aromatic N) is 4. The van der Waals surface area contributed by atoms with E-state index in [0.717, 1.165) is 11.8 Å². The van der Waals surface area contributed by atoms with Crippen LogP contribution in [0.15, 0.2) is 67.4 Å². The first-order chi connectivity index (χ1) is 19.5. The number of hydroxylamine groups is 2. The molecule has 1 fully saturated rings. The van der Waals surface area contributed by atoms with Gasteiger partial charge in [0.25, 0.3) is 0 Å². The number of aromatic nitrogens is 2. The first kappa shape index (κ1) is 30.7. The number of hydrogen-bond acceptors (Lipinski definition) is 10. The van der Waals surface area contributed by atoms with Crippen molar-refractivity contribution in [2.45, 2.75) is 13.1 Å². The number of carbonyl (C=O) groups is 2. The Hall–Kier alpha value is -4.85. The molecular weight excluding hydrogens is 545 g/mol. The molecule has 11 nitrogen and oxygen atoms in total. The number of nitrogens with two attached hydrogens (primary N) is 1. The highest BCUT2D eigenvalue weighted by Crippen LogP contribution is 2.38. The molecule has 1 aromatic heterocycles. The molecule has 2 heterocycles. The Labute approximate surface area is 234 Å². The van der Waals surface area contributed by atoms with Crippen molar-refractivity contribution in [1.82, 2.24) is 15.0 Å². The van der Waals surface area contributed by atoms with Crippen molar-refractivity contribution < 1.29 is 37.1 Å². The number of amides is 1. The van der Waals surface area contributed by atoms with Gasteiger partial charge in [-0.25, -0.2) is 4.98 Å². The highest BCUT2D eigenvalue weighted by Gasteiger charge is 2.36. The number of hydrogen-bond donors (Lipinski definition) is 2. The summed E-state index contributed by atoms with van der Waals surface area (Å²) in [6, 6.07) is 13.4. The van der Waals surface area contributed by atoms with E-state index in [-0.39, 0.29) is 17.7 Å². The van der Waals surface area contributed by atoms with E-state index in [9.17, 15) is 22.8 Å². The number of carbonyl (C=O) groups excluding carboxylic acids is 2. The summed E-state index contributed by atoms with van der Waals surface area (Å²) in [5.74, 6) is -0.886. The van der Waals surface area contributed by atoms with Crippen molar-refractivity contribution in [2.75, 3.05) is 43.5 Å². The van der Waals surface area contributed by atoms with E-state index in [2.05, 4.69) is 32.5 Å². The predicted octanol–water partition coefficient (Wildman–Crippen LogP) is 4.30. The first-order valence-corrected chi connectivity index (χ1v) is 12.2. The summed E-state index contributed by atoms with van der Waals surface area (Å²) in [4.78, 5) is 35.6. The lowest BCUT2D eigenvalue weighted by Crippen LogP contribution is -2.46. The zero-order chi connectivity index (χ0) is 30.0. The van der Waals surface area contributed by atoms with Crippen LogP contribution in [0.25, 0.3) is 0 Å². The quantitative estimate of drug-likeness (QED) is 0.376. The molecule has 41 heavy (non-hydrogen) atoms. The van der Waals surface area contributed by atoms with E-state index in [1.807, 2.05) is 6.07 Å². The highest BCUT2D eigenvalue weighted by atomic mass is 19.4. The van der Waals surface area contributed by atoms with E-state index in [1.165, 1.54) is 26.2 Å². The fraction of sp³-hybridized carbons (Fsp3) is 0.259. The van der Waals surface area contributed by atoms with Crippen LogP contribution in [0.3, 0.4) is 0 Å². The summed E-state index contributed by atoms with van der Waals surface area (Å²) in [7, 11) is 1.49. The number of nitrogens with one attached hydrogen (secondary N) is 1. The smallest absolute Gasteiger partial charge is 0.423 e. The molecular formula is C27H29F3N6O5. The first-order valence-electron chi connectivity index (χ1n) is 12.2. The maximum atomic E-state index is 13.5. The number of halogens is 3. The zero-order valence-corrected chi connectivity index (χ0v) is 22.4. The predicted molar refractivity (Wildman–Crippen MR) is 145 cm³/mol. The molecule has 0 aliphatic carbocycles. The SMILES string of the molecule is C=CC(N)=O.COc1cc(N2CCN(OC(C)=O)CC2)ccc1Nc1ncc(C(F)(F)F)c(Oc2ccccc2)n1. The molecule has 3 N–H and O–H groups in total. The summed E-state index contributed by atoms with van der Waals surface area (Å²) in [6.07, 6.45) is -2.96. The summed E-state index contributed by atoms with van der Waals surface area (Å²) >= 11 is 0. The Morgan fingerprint density at radius 1 is 1.10 bits per heavy atom. The van der Waals surface area contributed by atoms with Gasteiger partial charge in [0.2, 0.25) is 17.7 Å². The fourth-order valence-electron chi connectivity index (χ4n) is 3.62. The lowest BCUT2D eigenvalue weighted by atomic mass is 10.2. The normalized spacial score (nSPS) is 13.3. The molecule has 0 unspecified atom stereocenters. The van der Waals surface area contributed by atoms with Gasteiger partial charge in [-0.2, -0.15) is 18.2 Å². The summed E-state index contributed by atoms with van der Waals surface area (Å²) in [6.45, 7) is 6.80. The van der Waals surface area contributed by atoms with Crippen molar-refractivity contribution in [3.63, 3.8) is 0 Å². The van der Waals surface area contributed by atoms with E-state index in [1.54, 1.807) is 35.4 Å². The fourth-order valence-corrected chi connectivity index (χ4v) is 3.62. The number of anilines is 3. The molecule has 2 aromatic carbocycles. The minimum Gasteiger partial charge on any atom is -0.494 e. The summed E-state index contributed by atoms with van der Waals surface area (Å²) in [5, 5.41) is 4.52. The molecule has 1 saturated heterocycles. The van der Waals surface area contributed by atoms with Gasteiger partial charge in [-0.1, -0.05) is 24.8 Å². The van der Waals surface area contributed by atoms with Crippen LogP contribution in [-0.4, -0.2) is 60.2 Å². The van der Waals surface area contributed by atoms with Gasteiger partial charge < -0.3 is 30.3 Å². The summed E-state index contributed by atoms with van der Waals surface area (Å²) < 4.78 is 51.4. The molecule has 1 aliphatic heterocycles. The van der Waals surface area contributed by atoms with Gasteiger partial charge in [-0.05, 0) is 30.3 Å². The molecule has 0 bridgehead atoms. The van der Waals surface area contributed by atoms with Gasteiger partial charge >= 0.3 is 12.1 Å². The molecule has 0 radical (unpaired) electrons. The van der Waals surface area contributed by atoms with Crippen LogP contribution in [0.2, 0.25) is 0 Å². The second kappa shape index (κ2) is 14.0. The van der Waals surface area contributed by atoms with Crippen LogP contribution in [0.4, 0.5) is 30.5 Å². The third kappa shape index (κ3) is 9.10. The number of primary amides is 1. The minimum atomic E-state index is -4.69. The van der Waals surface area contributed by atoms with Crippen molar-refractivity contribution in [1.29, 1.82) is 0 Å². The van der Waals surface area contributed by atoms with Crippen LogP contribution >= 0.6 is 0 Å². The standard InChI is InChI=1S/C24H24F3N5O4.C3H5NO/c1-16(33)36-32-12-10-31(11-13-32)17-8-9-20(21(14-17)34-2)29-23-28-15-19(24(25,26)27)22(30-23)35-18-6-4-3-5-7-18;1-2-3(4)5/h3-9,14-15H,10-13H2,1-2H3,(H,28,29,30);2H,1H2,(H2,4,5). The average molecular weight is 575 g/mol. The van der Waals surface area contributed by atoms with Crippen LogP contribution in [-0.2, 0) is 20.6 Å². The molecule has 14 heteroatoms. The molecule has 4 rings (SSSR count). The maximum Gasteiger partial charge on any atom is 0.423 e. The van der Waals surface area contributed by atoms with Crippen LogP contribution in [0.1, 0.15) is 12.5 Å². The van der Waals surface area contributed by atoms with E-state index in [0.29, 0.717) is 43.8 Å². The molecule has 0 saturated carbocycles. The number of ether oxygens (including phenoxy) is 2. The Kier molecular flexibility index (Phi) is 10.5. The third-order valence-corrected chi connectivity index (χ3v) is 5.51. The number of alkyl halides is 3. The lowest BCUT2D eigenvalue weighted by Gasteiger charge is -2.34. The average Bonchev–Trinajstić information content (AvgIpc) is 2.94. The summed E-state index contributed by atoms with van der Waals surface area (Å²) in [5.41, 5.74) is 4.78. The second-order valence-corrected chi connectivity index (χ2v) is 8.44. The lowest BCUT2D eigenvalue weighted by molar-refractivity contribution is -0.188. The van der Waals surface area contributed by atoms with Gasteiger partial charge in [0, 0.05) is 38.0 Å². The third-order valence-electron chi connectivity index (χ3n) is 5.51. The molecule has 0 atom stereocenters. The van der Waals surface area contributed by atoms with E-state index >= 15 is 0 Å². The van der Waals surface area contributed by atoms with E-state index < -0.39 is 23.5 Å². The number of rotatable bonds is 8. The number of piperazine rings is 1. The Bertz CT molecular complexity index is 1350. The van der Waals surface area contributed by atoms with Crippen LogP contribution in [0.5, 0.6) is 17.4 Å². The van der Waals surface area contributed by atoms with Crippen molar-refractivity contribution in [3.05, 3.63) is 72.9 Å². The molecule has 0 spiro atoms. The number of methoxy groups -OCH3 is 1. The second-order valence-electron chi connectivity index (χ2n) is 8.44. The Morgan fingerprint density at radius 2 is 1.76 bits per heavy atom. The number of benzene rings is 2. The molecule has 218 valence electrons. The number of para-hydroxylation sites is 1. The van der Waals surface area contributed by atoms with Gasteiger partial charge in [-0.15, -0.1) is 5.06 Å². The van der Waals surface area contributed by atoms with Crippen molar-refractivity contribution in [3.8, 4) is 17.4 Å². The highest BCUT2D eigenvalue weighted by molar-refractivity contribution is 5.85. The van der Waals surface area contributed by atoms with E-state index in [4.69, 9.17) is 14.3 Å². The van der Waals surface area contributed by atoms with Gasteiger partial charge in [-0.3, -0.25) is 9.59 Å². The Morgan fingerprint density at radius 3 is 2.32 bits per heavy atom. The zero-order valence-electron chi connectivity index (χ0n) is 22.4. The minimum absolute atomic E-state index is 0.0880. The maximum absolute atomic E-state index is 13.5. The molecule has 1 aliphatic rings. The van der Waals surface area contributed by atoms with Crippen LogP contribution in [0, 0.1) is 0 Å². The Balaban J connectivity index is 0.000000850. The van der Waals surface area contributed by atoms with Crippen LogP contribution < -0.4 is 25.4 Å². The van der Waals surface area contributed by atoms with Crippen molar-refractivity contribution in [2.24, 2.45) is 5.73 Å². The monoisotopic (exact) mass is 574 g/mol. The van der Waals surface area contributed by atoms with Gasteiger partial charge in [0.1, 0.15) is 17.1 Å². The molecule has 1 amide bonds. The topological polar surface area (TPSA) is 132 Å². The largest absolute Gasteiger partial charge is 0.494 e. The van der Waals surface area contributed by atoms with Crippen molar-refractivity contribution >= 4 is 29.2 Å². The van der Waals surface area contributed by atoms with Gasteiger partial charge in [0.15, 0.2) is 0 Å². The molecule has 3 aromatic rings. The van der Waals surface area contributed by atoms with Gasteiger partial charge in [0.05, 0.1) is 25.9 Å².